The lowest BCUT2D eigenvalue weighted by Crippen LogP contribution is -2.51. The van der Waals surface area contributed by atoms with Crippen LogP contribution in [0.15, 0.2) is 22.7 Å². The number of aromatic hydroxyl groups is 1. The Hall–Kier alpha value is -0.550. The van der Waals surface area contributed by atoms with Crippen molar-refractivity contribution in [2.24, 2.45) is 0 Å². The molecular formula is C14H17Br2NO2. The lowest BCUT2D eigenvalue weighted by molar-refractivity contribution is 0.0883. The van der Waals surface area contributed by atoms with Gasteiger partial charge in [-0.2, -0.15) is 0 Å². The van der Waals surface area contributed by atoms with Crippen LogP contribution < -0.4 is 5.32 Å². The monoisotopic (exact) mass is 389 g/mol. The fourth-order valence-electron chi connectivity index (χ4n) is 2.52. The minimum absolute atomic E-state index is 0.0150. The first-order chi connectivity index (χ1) is 9.06. The highest BCUT2D eigenvalue weighted by Crippen LogP contribution is 2.31. The van der Waals surface area contributed by atoms with E-state index in [0.29, 0.717) is 5.56 Å². The number of phenols is 1. The third-order valence-corrected chi connectivity index (χ3v) is 5.21. The zero-order chi connectivity index (χ0) is 13.9. The number of carbonyl (C=O) groups excluding carboxylic acids is 1. The van der Waals surface area contributed by atoms with Crippen molar-refractivity contribution >= 4 is 37.8 Å². The van der Waals surface area contributed by atoms with Crippen LogP contribution in [0.25, 0.3) is 0 Å². The Balaban J connectivity index is 2.17. The summed E-state index contributed by atoms with van der Waals surface area (Å²) in [5, 5.41) is 13.6. The van der Waals surface area contributed by atoms with Gasteiger partial charge in [0, 0.05) is 9.80 Å². The van der Waals surface area contributed by atoms with E-state index in [0.717, 1.165) is 35.5 Å². The number of alkyl halides is 1. The molecule has 0 atom stereocenters. The average molecular weight is 391 g/mol. The second-order valence-corrected chi connectivity index (χ2v) is 6.57. The Morgan fingerprint density at radius 1 is 1.32 bits per heavy atom. The average Bonchev–Trinajstić information content (AvgIpc) is 2.42. The number of carbonyl (C=O) groups is 1. The molecular weight excluding hydrogens is 374 g/mol. The van der Waals surface area contributed by atoms with Gasteiger partial charge < -0.3 is 10.4 Å². The van der Waals surface area contributed by atoms with Gasteiger partial charge in [-0.15, -0.1) is 0 Å². The first kappa shape index (κ1) is 14.9. The molecule has 0 bridgehead atoms. The summed E-state index contributed by atoms with van der Waals surface area (Å²) in [6, 6.07) is 4.89. The fourth-order valence-corrected chi connectivity index (χ4v) is 3.58. The molecule has 2 N–H and O–H groups in total. The minimum atomic E-state index is -0.208. The standard InChI is InChI=1S/C14H17Br2NO2/c15-9-14(6-2-1-3-7-14)17-13(19)11-8-10(16)4-5-12(11)18/h4-5,8,18H,1-3,6-7,9H2,(H,17,19). The number of halogens is 2. The Labute approximate surface area is 130 Å². The van der Waals surface area contributed by atoms with Gasteiger partial charge in [0.25, 0.3) is 5.91 Å². The molecule has 0 aromatic heterocycles. The van der Waals surface area contributed by atoms with Crippen LogP contribution in [0, 0.1) is 0 Å². The molecule has 1 amide bonds. The third-order valence-electron chi connectivity index (χ3n) is 3.65. The van der Waals surface area contributed by atoms with Crippen molar-refractivity contribution in [3.63, 3.8) is 0 Å². The molecule has 0 spiro atoms. The maximum absolute atomic E-state index is 12.3. The topological polar surface area (TPSA) is 49.3 Å². The second kappa shape index (κ2) is 6.27. The highest BCUT2D eigenvalue weighted by atomic mass is 79.9. The Kier molecular flexibility index (Phi) is 4.90. The lowest BCUT2D eigenvalue weighted by atomic mass is 9.83. The van der Waals surface area contributed by atoms with E-state index < -0.39 is 0 Å². The SMILES string of the molecule is O=C(NC1(CBr)CCCCC1)c1cc(Br)ccc1O. The summed E-state index contributed by atoms with van der Waals surface area (Å²) in [6.45, 7) is 0. The van der Waals surface area contributed by atoms with Gasteiger partial charge in [-0.25, -0.2) is 0 Å². The highest BCUT2D eigenvalue weighted by Gasteiger charge is 2.33. The van der Waals surface area contributed by atoms with Crippen LogP contribution >= 0.6 is 31.9 Å². The molecule has 1 fully saturated rings. The first-order valence-electron chi connectivity index (χ1n) is 6.43. The zero-order valence-electron chi connectivity index (χ0n) is 10.6. The summed E-state index contributed by atoms with van der Waals surface area (Å²) in [6.07, 6.45) is 5.47. The molecule has 19 heavy (non-hydrogen) atoms. The minimum Gasteiger partial charge on any atom is -0.507 e. The largest absolute Gasteiger partial charge is 0.507 e. The van der Waals surface area contributed by atoms with E-state index in [4.69, 9.17) is 0 Å². The number of hydrogen-bond donors (Lipinski definition) is 2. The summed E-state index contributed by atoms with van der Waals surface area (Å²) < 4.78 is 0.784. The Morgan fingerprint density at radius 3 is 2.63 bits per heavy atom. The molecule has 1 aliphatic rings. The number of hydrogen-bond acceptors (Lipinski definition) is 2. The molecule has 1 aromatic rings. The van der Waals surface area contributed by atoms with Gasteiger partial charge in [0.15, 0.2) is 0 Å². The maximum atomic E-state index is 12.3. The van der Waals surface area contributed by atoms with Gasteiger partial charge >= 0.3 is 0 Å². The van der Waals surface area contributed by atoms with Gasteiger partial charge in [-0.1, -0.05) is 51.1 Å². The van der Waals surface area contributed by atoms with Crippen molar-refractivity contribution in [3.05, 3.63) is 28.2 Å². The van der Waals surface area contributed by atoms with Crippen LogP contribution in [0.1, 0.15) is 42.5 Å². The van der Waals surface area contributed by atoms with Crippen LogP contribution in [0.2, 0.25) is 0 Å². The van der Waals surface area contributed by atoms with Crippen molar-refractivity contribution in [2.45, 2.75) is 37.6 Å². The molecule has 0 heterocycles. The Bertz CT molecular complexity index is 471. The van der Waals surface area contributed by atoms with Crippen molar-refractivity contribution < 1.29 is 9.90 Å². The zero-order valence-corrected chi connectivity index (χ0v) is 13.8. The van der Waals surface area contributed by atoms with Crippen molar-refractivity contribution in [1.29, 1.82) is 0 Å². The molecule has 0 saturated heterocycles. The lowest BCUT2D eigenvalue weighted by Gasteiger charge is -2.36. The molecule has 3 nitrogen and oxygen atoms in total. The second-order valence-electron chi connectivity index (χ2n) is 5.09. The molecule has 104 valence electrons. The van der Waals surface area contributed by atoms with E-state index in [-0.39, 0.29) is 17.2 Å². The molecule has 1 aliphatic carbocycles. The summed E-state index contributed by atoms with van der Waals surface area (Å²) in [5.41, 5.74) is 0.143. The molecule has 0 radical (unpaired) electrons. The number of amides is 1. The Morgan fingerprint density at radius 2 is 2.00 bits per heavy atom. The van der Waals surface area contributed by atoms with Gasteiger partial charge in [-0.05, 0) is 31.0 Å². The molecule has 1 saturated carbocycles. The van der Waals surface area contributed by atoms with Gasteiger partial charge in [-0.3, -0.25) is 4.79 Å². The molecule has 1 aromatic carbocycles. The summed E-state index contributed by atoms with van der Waals surface area (Å²) in [4.78, 5) is 12.3. The van der Waals surface area contributed by atoms with Crippen LogP contribution in [0.3, 0.4) is 0 Å². The van der Waals surface area contributed by atoms with Crippen LogP contribution in [0.4, 0.5) is 0 Å². The predicted octanol–water partition coefficient (Wildman–Crippen LogP) is 3.98. The number of nitrogens with one attached hydrogen (secondary N) is 1. The fraction of sp³-hybridized carbons (Fsp3) is 0.500. The summed E-state index contributed by atoms with van der Waals surface area (Å²) >= 11 is 6.84. The maximum Gasteiger partial charge on any atom is 0.255 e. The van der Waals surface area contributed by atoms with Crippen molar-refractivity contribution in [3.8, 4) is 5.75 Å². The van der Waals surface area contributed by atoms with Crippen LogP contribution in [0.5, 0.6) is 5.75 Å². The van der Waals surface area contributed by atoms with Crippen molar-refractivity contribution in [2.75, 3.05) is 5.33 Å². The van der Waals surface area contributed by atoms with E-state index in [1.807, 2.05) is 0 Å². The normalized spacial score (nSPS) is 18.0. The number of rotatable bonds is 3. The van der Waals surface area contributed by atoms with E-state index in [1.54, 1.807) is 12.1 Å². The van der Waals surface area contributed by atoms with E-state index >= 15 is 0 Å². The molecule has 5 heteroatoms. The van der Waals surface area contributed by atoms with Crippen molar-refractivity contribution in [1.82, 2.24) is 5.32 Å². The smallest absolute Gasteiger partial charge is 0.255 e. The quantitative estimate of drug-likeness (QED) is 0.766. The molecule has 0 aliphatic heterocycles. The van der Waals surface area contributed by atoms with Crippen LogP contribution in [-0.4, -0.2) is 21.9 Å². The highest BCUT2D eigenvalue weighted by molar-refractivity contribution is 9.10. The molecule has 2 rings (SSSR count). The van der Waals surface area contributed by atoms with E-state index in [2.05, 4.69) is 37.2 Å². The predicted molar refractivity (Wildman–Crippen MR) is 82.9 cm³/mol. The summed E-state index contributed by atoms with van der Waals surface area (Å²) in [7, 11) is 0. The van der Waals surface area contributed by atoms with E-state index in [1.165, 1.54) is 12.5 Å². The first-order valence-corrected chi connectivity index (χ1v) is 8.35. The summed E-state index contributed by atoms with van der Waals surface area (Å²) in [5.74, 6) is -0.193. The third kappa shape index (κ3) is 3.51. The number of phenolic OH excluding ortho intramolecular Hbond substituents is 1. The van der Waals surface area contributed by atoms with Gasteiger partial charge in [0.1, 0.15) is 5.75 Å². The number of benzene rings is 1. The van der Waals surface area contributed by atoms with E-state index in [9.17, 15) is 9.90 Å². The van der Waals surface area contributed by atoms with Crippen LogP contribution in [-0.2, 0) is 0 Å². The van der Waals surface area contributed by atoms with Gasteiger partial charge in [0.05, 0.1) is 11.1 Å². The molecule has 0 unspecified atom stereocenters. The van der Waals surface area contributed by atoms with Gasteiger partial charge in [0.2, 0.25) is 0 Å².